The van der Waals surface area contributed by atoms with Crippen molar-refractivity contribution in [3.63, 3.8) is 0 Å². The lowest BCUT2D eigenvalue weighted by molar-refractivity contribution is -0.274. The summed E-state index contributed by atoms with van der Waals surface area (Å²) in [4.78, 5) is 12.8. The highest BCUT2D eigenvalue weighted by Crippen LogP contribution is 2.30. The highest BCUT2D eigenvalue weighted by atomic mass is 35.5. The Morgan fingerprint density at radius 1 is 1.13 bits per heavy atom. The number of carbonyl (C=O) groups excluding carboxylic acids is 1. The van der Waals surface area contributed by atoms with E-state index in [1.165, 1.54) is 30.3 Å². The molecule has 30 heavy (non-hydrogen) atoms. The van der Waals surface area contributed by atoms with E-state index in [1.807, 2.05) is 0 Å². The summed E-state index contributed by atoms with van der Waals surface area (Å²) in [5.41, 5.74) is 0.261. The van der Waals surface area contributed by atoms with Crippen molar-refractivity contribution in [3.8, 4) is 5.75 Å². The van der Waals surface area contributed by atoms with Crippen LogP contribution < -0.4 is 14.4 Å². The van der Waals surface area contributed by atoms with Gasteiger partial charge in [-0.2, -0.15) is 0 Å². The summed E-state index contributed by atoms with van der Waals surface area (Å²) in [5, 5.41) is 2.85. The van der Waals surface area contributed by atoms with E-state index in [1.54, 1.807) is 6.92 Å². The normalized spacial score (nSPS) is 12.9. The van der Waals surface area contributed by atoms with E-state index in [-0.39, 0.29) is 27.8 Å². The molecule has 0 aliphatic heterocycles. The van der Waals surface area contributed by atoms with Crippen molar-refractivity contribution in [2.75, 3.05) is 15.9 Å². The zero-order chi connectivity index (χ0) is 22.7. The first kappa shape index (κ1) is 24.1. The minimum atomic E-state index is -4.84. The Kier molecular flexibility index (Phi) is 7.49. The summed E-state index contributed by atoms with van der Waals surface area (Å²) >= 11 is 11.9. The second kappa shape index (κ2) is 9.32. The Hall–Kier alpha value is -2.17. The molecule has 1 atom stereocenters. The third kappa shape index (κ3) is 6.68. The number of alkyl halides is 3. The molecule has 1 N–H and O–H groups in total. The van der Waals surface area contributed by atoms with Crippen LogP contribution in [0.5, 0.6) is 5.75 Å². The molecule has 0 fully saturated rings. The van der Waals surface area contributed by atoms with Crippen LogP contribution in [0.3, 0.4) is 0 Å². The van der Waals surface area contributed by atoms with Crippen LogP contribution in [0.4, 0.5) is 24.5 Å². The molecule has 0 saturated carbocycles. The van der Waals surface area contributed by atoms with Gasteiger partial charge in [0, 0.05) is 15.7 Å². The van der Waals surface area contributed by atoms with Gasteiger partial charge in [-0.05, 0) is 48.9 Å². The van der Waals surface area contributed by atoms with Gasteiger partial charge in [0.05, 0.1) is 11.9 Å². The number of ether oxygens (including phenoxy) is 1. The van der Waals surface area contributed by atoms with Crippen LogP contribution in [-0.2, 0) is 14.8 Å². The molecule has 1 unspecified atom stereocenters. The highest BCUT2D eigenvalue weighted by Gasteiger charge is 2.33. The molecule has 0 heterocycles. The van der Waals surface area contributed by atoms with Gasteiger partial charge in [0.15, 0.2) is 0 Å². The first-order valence-corrected chi connectivity index (χ1v) is 11.0. The first-order valence-electron chi connectivity index (χ1n) is 8.42. The number of carbonyl (C=O) groups is 1. The standard InChI is InChI=1S/C18H17Cl2F3N2O4S/c1-3-16(25(30(2,27)28)14-9-11(19)8-12(20)10-14)17(26)24-13-4-6-15(7-5-13)29-18(21,22)23/h4-10,16H,3H2,1-2H3,(H,24,26). The highest BCUT2D eigenvalue weighted by molar-refractivity contribution is 7.92. The molecule has 164 valence electrons. The monoisotopic (exact) mass is 484 g/mol. The molecule has 0 aliphatic carbocycles. The molecule has 2 aromatic carbocycles. The Morgan fingerprint density at radius 2 is 1.67 bits per heavy atom. The molecule has 0 aromatic heterocycles. The summed E-state index contributed by atoms with van der Waals surface area (Å²) in [6.45, 7) is 1.61. The van der Waals surface area contributed by atoms with Gasteiger partial charge in [-0.3, -0.25) is 9.10 Å². The van der Waals surface area contributed by atoms with Gasteiger partial charge in [-0.15, -0.1) is 13.2 Å². The quantitative estimate of drug-likeness (QED) is 0.594. The third-order valence-electron chi connectivity index (χ3n) is 3.79. The number of hydrogen-bond donors (Lipinski definition) is 1. The van der Waals surface area contributed by atoms with Crippen molar-refractivity contribution >= 4 is 50.5 Å². The number of hydrogen-bond acceptors (Lipinski definition) is 4. The Bertz CT molecular complexity index is 995. The van der Waals surface area contributed by atoms with Crippen LogP contribution >= 0.6 is 23.2 Å². The van der Waals surface area contributed by atoms with Gasteiger partial charge in [0.25, 0.3) is 0 Å². The lowest BCUT2D eigenvalue weighted by Gasteiger charge is -2.30. The van der Waals surface area contributed by atoms with Crippen LogP contribution in [-0.4, -0.2) is 33.0 Å². The van der Waals surface area contributed by atoms with Gasteiger partial charge in [-0.1, -0.05) is 30.1 Å². The molecule has 6 nitrogen and oxygen atoms in total. The van der Waals surface area contributed by atoms with Crippen LogP contribution in [0.25, 0.3) is 0 Å². The Morgan fingerprint density at radius 3 is 2.10 bits per heavy atom. The SMILES string of the molecule is CCC(C(=O)Nc1ccc(OC(F)(F)F)cc1)N(c1cc(Cl)cc(Cl)c1)S(C)(=O)=O. The maximum atomic E-state index is 12.8. The van der Waals surface area contributed by atoms with E-state index in [0.29, 0.717) is 0 Å². The summed E-state index contributed by atoms with van der Waals surface area (Å²) < 4.78 is 66.3. The number of nitrogens with zero attached hydrogens (tertiary/aromatic N) is 1. The lowest BCUT2D eigenvalue weighted by atomic mass is 10.1. The van der Waals surface area contributed by atoms with Crippen LogP contribution in [0.1, 0.15) is 13.3 Å². The molecule has 0 bridgehead atoms. The summed E-state index contributed by atoms with van der Waals surface area (Å²) in [7, 11) is -3.92. The van der Waals surface area contributed by atoms with E-state index in [4.69, 9.17) is 23.2 Å². The smallest absolute Gasteiger partial charge is 0.406 e. The van der Waals surface area contributed by atoms with Crippen molar-refractivity contribution in [1.82, 2.24) is 0 Å². The minimum Gasteiger partial charge on any atom is -0.406 e. The van der Waals surface area contributed by atoms with Gasteiger partial charge in [0.2, 0.25) is 15.9 Å². The molecule has 2 rings (SSSR count). The second-order valence-corrected chi connectivity index (χ2v) is 8.90. The first-order chi connectivity index (χ1) is 13.8. The topological polar surface area (TPSA) is 75.7 Å². The van der Waals surface area contributed by atoms with Crippen LogP contribution in [0.2, 0.25) is 10.0 Å². The minimum absolute atomic E-state index is 0.0955. The number of rotatable bonds is 7. The van der Waals surface area contributed by atoms with Gasteiger partial charge >= 0.3 is 6.36 Å². The molecule has 0 aliphatic rings. The molecule has 0 saturated heterocycles. The number of amides is 1. The molecule has 0 radical (unpaired) electrons. The molecular formula is C18H17Cl2F3N2O4S. The van der Waals surface area contributed by atoms with Crippen LogP contribution in [0.15, 0.2) is 42.5 Å². The van der Waals surface area contributed by atoms with Crippen molar-refractivity contribution in [1.29, 1.82) is 0 Å². The lowest BCUT2D eigenvalue weighted by Crippen LogP contribution is -2.47. The largest absolute Gasteiger partial charge is 0.573 e. The average molecular weight is 485 g/mol. The van der Waals surface area contributed by atoms with Gasteiger partial charge in [-0.25, -0.2) is 8.42 Å². The second-order valence-electron chi connectivity index (χ2n) is 6.17. The van der Waals surface area contributed by atoms with Crippen molar-refractivity contribution < 1.29 is 31.1 Å². The van der Waals surface area contributed by atoms with Crippen LogP contribution in [0, 0.1) is 0 Å². The number of halogens is 5. The van der Waals surface area contributed by atoms with Gasteiger partial charge < -0.3 is 10.1 Å². The van der Waals surface area contributed by atoms with E-state index in [9.17, 15) is 26.4 Å². The Balaban J connectivity index is 2.30. The number of sulfonamides is 1. The summed E-state index contributed by atoms with van der Waals surface area (Å²) in [6, 6.07) is 7.41. The summed E-state index contributed by atoms with van der Waals surface area (Å²) in [5.74, 6) is -1.15. The predicted octanol–water partition coefficient (Wildman–Crippen LogP) is 5.08. The fourth-order valence-corrected chi connectivity index (χ4v) is 4.40. The van der Waals surface area contributed by atoms with E-state index < -0.39 is 34.1 Å². The molecular weight excluding hydrogens is 468 g/mol. The number of nitrogens with one attached hydrogen (secondary N) is 1. The molecule has 12 heteroatoms. The van der Waals surface area contributed by atoms with E-state index in [2.05, 4.69) is 10.1 Å². The average Bonchev–Trinajstić information content (AvgIpc) is 2.57. The van der Waals surface area contributed by atoms with Crippen molar-refractivity contribution in [2.45, 2.75) is 25.7 Å². The third-order valence-corrected chi connectivity index (χ3v) is 5.40. The maximum Gasteiger partial charge on any atom is 0.573 e. The predicted molar refractivity (Wildman–Crippen MR) is 110 cm³/mol. The van der Waals surface area contributed by atoms with E-state index in [0.717, 1.165) is 22.7 Å². The fraction of sp³-hybridized carbons (Fsp3) is 0.278. The zero-order valence-corrected chi connectivity index (χ0v) is 18.0. The summed E-state index contributed by atoms with van der Waals surface area (Å²) in [6.07, 6.45) is -3.81. The van der Waals surface area contributed by atoms with Gasteiger partial charge in [0.1, 0.15) is 11.8 Å². The molecule has 1 amide bonds. The fourth-order valence-electron chi connectivity index (χ4n) is 2.69. The van der Waals surface area contributed by atoms with Crippen molar-refractivity contribution in [2.24, 2.45) is 0 Å². The van der Waals surface area contributed by atoms with E-state index >= 15 is 0 Å². The zero-order valence-electron chi connectivity index (χ0n) is 15.7. The Labute approximate surface area is 181 Å². The molecule has 2 aromatic rings. The number of benzene rings is 2. The maximum absolute atomic E-state index is 12.8. The number of anilines is 2. The van der Waals surface area contributed by atoms with Crippen molar-refractivity contribution in [3.05, 3.63) is 52.5 Å². The molecule has 0 spiro atoms.